The summed E-state index contributed by atoms with van der Waals surface area (Å²) in [5, 5.41) is 3.48. The highest BCUT2D eigenvalue weighted by Crippen LogP contribution is 2.27. The second-order valence-electron chi connectivity index (χ2n) is 5.74. The molecule has 2 fully saturated rings. The second-order valence-corrected chi connectivity index (χ2v) is 6.79. The summed E-state index contributed by atoms with van der Waals surface area (Å²) in [5.74, 6) is 2.44. The number of benzene rings is 1. The standard InChI is InChI=1S/C16H22N2OS.ClH/c19-16(12-20-15-4-2-1-3-5-15)18-8-6-13-10-17-11-14(13)7-9-18;/h1-5,13-14,17H,6-12H2;1H/t13-,14+;. The largest absolute Gasteiger partial charge is 0.342 e. The van der Waals surface area contributed by atoms with Crippen LogP contribution >= 0.6 is 24.2 Å². The Morgan fingerprint density at radius 3 is 2.38 bits per heavy atom. The van der Waals surface area contributed by atoms with Gasteiger partial charge in [-0.05, 0) is 49.9 Å². The predicted molar refractivity (Wildman–Crippen MR) is 90.1 cm³/mol. The predicted octanol–water partition coefficient (Wildman–Crippen LogP) is 2.66. The summed E-state index contributed by atoms with van der Waals surface area (Å²) in [7, 11) is 0. The Labute approximate surface area is 137 Å². The molecule has 1 N–H and O–H groups in total. The fourth-order valence-electron chi connectivity index (χ4n) is 3.22. The lowest BCUT2D eigenvalue weighted by molar-refractivity contribution is -0.128. The fraction of sp³-hybridized carbons (Fsp3) is 0.562. The van der Waals surface area contributed by atoms with E-state index >= 15 is 0 Å². The van der Waals surface area contributed by atoms with E-state index in [0.29, 0.717) is 11.7 Å². The van der Waals surface area contributed by atoms with E-state index in [1.54, 1.807) is 11.8 Å². The van der Waals surface area contributed by atoms with Crippen LogP contribution in [0.15, 0.2) is 35.2 Å². The van der Waals surface area contributed by atoms with Gasteiger partial charge in [-0.1, -0.05) is 18.2 Å². The van der Waals surface area contributed by atoms with Crippen molar-refractivity contribution in [3.63, 3.8) is 0 Å². The Morgan fingerprint density at radius 2 is 1.76 bits per heavy atom. The van der Waals surface area contributed by atoms with Crippen LogP contribution in [-0.4, -0.2) is 42.7 Å². The van der Waals surface area contributed by atoms with Gasteiger partial charge >= 0.3 is 0 Å². The topological polar surface area (TPSA) is 32.3 Å². The zero-order valence-corrected chi connectivity index (χ0v) is 13.8. The van der Waals surface area contributed by atoms with Crippen molar-refractivity contribution >= 4 is 30.1 Å². The normalized spacial score (nSPS) is 24.9. The van der Waals surface area contributed by atoms with Crippen LogP contribution in [0.2, 0.25) is 0 Å². The second kappa shape index (κ2) is 8.06. The van der Waals surface area contributed by atoms with Crippen LogP contribution in [0, 0.1) is 11.8 Å². The molecule has 0 radical (unpaired) electrons. The number of fused-ring (bicyclic) bond motifs is 1. The maximum Gasteiger partial charge on any atom is 0.232 e. The van der Waals surface area contributed by atoms with E-state index in [0.717, 1.165) is 38.0 Å². The lowest BCUT2D eigenvalue weighted by atomic mass is 9.92. The van der Waals surface area contributed by atoms with Gasteiger partial charge in [0.05, 0.1) is 5.75 Å². The molecule has 3 rings (SSSR count). The molecule has 0 saturated carbocycles. The first-order chi connectivity index (χ1) is 9.83. The van der Waals surface area contributed by atoms with Crippen LogP contribution < -0.4 is 5.32 Å². The number of nitrogens with zero attached hydrogens (tertiary/aromatic N) is 1. The van der Waals surface area contributed by atoms with Crippen molar-refractivity contribution in [1.82, 2.24) is 10.2 Å². The van der Waals surface area contributed by atoms with Crippen molar-refractivity contribution in [3.05, 3.63) is 30.3 Å². The lowest BCUT2D eigenvalue weighted by Crippen LogP contribution is -2.34. The van der Waals surface area contributed by atoms with E-state index in [2.05, 4.69) is 22.3 Å². The fourth-order valence-corrected chi connectivity index (χ4v) is 4.04. The Bertz CT molecular complexity index is 443. The van der Waals surface area contributed by atoms with Gasteiger partial charge in [0.15, 0.2) is 0 Å². The Kier molecular flexibility index (Phi) is 6.40. The summed E-state index contributed by atoms with van der Waals surface area (Å²) < 4.78 is 0. The zero-order valence-electron chi connectivity index (χ0n) is 12.2. The molecule has 2 saturated heterocycles. The first-order valence-electron chi connectivity index (χ1n) is 7.49. The monoisotopic (exact) mass is 326 g/mol. The van der Waals surface area contributed by atoms with Gasteiger partial charge in [-0.3, -0.25) is 4.79 Å². The molecule has 5 heteroatoms. The summed E-state index contributed by atoms with van der Waals surface area (Å²) in [6, 6.07) is 10.2. The molecule has 0 spiro atoms. The van der Waals surface area contributed by atoms with Crippen LogP contribution in [0.1, 0.15) is 12.8 Å². The van der Waals surface area contributed by atoms with E-state index in [-0.39, 0.29) is 12.4 Å². The molecule has 0 unspecified atom stereocenters. The van der Waals surface area contributed by atoms with Gasteiger partial charge in [0.2, 0.25) is 5.91 Å². The molecule has 0 bridgehead atoms. The van der Waals surface area contributed by atoms with E-state index in [1.807, 2.05) is 18.2 Å². The number of hydrogen-bond donors (Lipinski definition) is 1. The third kappa shape index (κ3) is 4.38. The minimum Gasteiger partial charge on any atom is -0.342 e. The average Bonchev–Trinajstić information content (AvgIpc) is 2.84. The molecule has 3 nitrogen and oxygen atoms in total. The maximum absolute atomic E-state index is 12.3. The van der Waals surface area contributed by atoms with Crippen molar-refractivity contribution in [2.24, 2.45) is 11.8 Å². The average molecular weight is 327 g/mol. The SMILES string of the molecule is Cl.O=C(CSc1ccccc1)N1CC[C@@H]2CNC[C@@H]2CC1. The Hall–Kier alpha value is -0.710. The lowest BCUT2D eigenvalue weighted by Gasteiger charge is -2.20. The molecular formula is C16H23ClN2OS. The summed E-state index contributed by atoms with van der Waals surface area (Å²) in [6.07, 6.45) is 2.33. The molecule has 0 aromatic heterocycles. The quantitative estimate of drug-likeness (QED) is 0.867. The third-order valence-corrected chi connectivity index (χ3v) is 5.47. The minimum atomic E-state index is 0. The zero-order chi connectivity index (χ0) is 13.8. The third-order valence-electron chi connectivity index (χ3n) is 4.48. The van der Waals surface area contributed by atoms with Gasteiger partial charge in [0.1, 0.15) is 0 Å². The summed E-state index contributed by atoms with van der Waals surface area (Å²) in [4.78, 5) is 15.6. The van der Waals surface area contributed by atoms with Crippen molar-refractivity contribution in [2.45, 2.75) is 17.7 Å². The van der Waals surface area contributed by atoms with Crippen LogP contribution in [-0.2, 0) is 4.79 Å². The molecule has 2 atom stereocenters. The number of amides is 1. The maximum atomic E-state index is 12.3. The minimum absolute atomic E-state index is 0. The van der Waals surface area contributed by atoms with Gasteiger partial charge in [0, 0.05) is 18.0 Å². The molecule has 2 heterocycles. The van der Waals surface area contributed by atoms with Crippen molar-refractivity contribution in [2.75, 3.05) is 31.9 Å². The van der Waals surface area contributed by atoms with Crippen molar-refractivity contribution < 1.29 is 4.79 Å². The molecule has 1 amide bonds. The first-order valence-corrected chi connectivity index (χ1v) is 8.48. The number of halogens is 1. The van der Waals surface area contributed by atoms with E-state index in [1.165, 1.54) is 17.7 Å². The smallest absolute Gasteiger partial charge is 0.232 e. The summed E-state index contributed by atoms with van der Waals surface area (Å²) in [6.45, 7) is 4.17. The number of rotatable bonds is 3. The van der Waals surface area contributed by atoms with Gasteiger partial charge in [-0.25, -0.2) is 0 Å². The van der Waals surface area contributed by atoms with Crippen molar-refractivity contribution in [1.29, 1.82) is 0 Å². The highest BCUT2D eigenvalue weighted by molar-refractivity contribution is 8.00. The number of carbonyl (C=O) groups is 1. The van der Waals surface area contributed by atoms with Crippen LogP contribution in [0.5, 0.6) is 0 Å². The molecule has 2 aliphatic heterocycles. The van der Waals surface area contributed by atoms with Crippen LogP contribution in [0.4, 0.5) is 0 Å². The molecule has 0 aliphatic carbocycles. The number of likely N-dealkylation sites (tertiary alicyclic amines) is 1. The van der Waals surface area contributed by atoms with E-state index < -0.39 is 0 Å². The van der Waals surface area contributed by atoms with Crippen LogP contribution in [0.25, 0.3) is 0 Å². The summed E-state index contributed by atoms with van der Waals surface area (Å²) >= 11 is 1.65. The molecule has 1 aromatic rings. The van der Waals surface area contributed by atoms with E-state index in [4.69, 9.17) is 0 Å². The highest BCUT2D eigenvalue weighted by Gasteiger charge is 2.31. The van der Waals surface area contributed by atoms with Gasteiger partial charge in [-0.15, -0.1) is 24.2 Å². The van der Waals surface area contributed by atoms with Crippen LogP contribution in [0.3, 0.4) is 0 Å². The first kappa shape index (κ1) is 16.7. The number of thioether (sulfide) groups is 1. The summed E-state index contributed by atoms with van der Waals surface area (Å²) in [5.41, 5.74) is 0. The Balaban J connectivity index is 0.00000161. The van der Waals surface area contributed by atoms with E-state index in [9.17, 15) is 4.79 Å². The number of carbonyl (C=O) groups excluding carboxylic acids is 1. The highest BCUT2D eigenvalue weighted by atomic mass is 35.5. The number of hydrogen-bond acceptors (Lipinski definition) is 3. The van der Waals surface area contributed by atoms with Gasteiger partial charge in [-0.2, -0.15) is 0 Å². The molecule has 2 aliphatic rings. The van der Waals surface area contributed by atoms with Gasteiger partial charge < -0.3 is 10.2 Å². The number of nitrogens with one attached hydrogen (secondary N) is 1. The molecule has 116 valence electrons. The molecule has 21 heavy (non-hydrogen) atoms. The van der Waals surface area contributed by atoms with Crippen molar-refractivity contribution in [3.8, 4) is 0 Å². The molecule has 1 aromatic carbocycles. The molecular weight excluding hydrogens is 304 g/mol. The Morgan fingerprint density at radius 1 is 1.14 bits per heavy atom. The van der Waals surface area contributed by atoms with Gasteiger partial charge in [0.25, 0.3) is 0 Å².